The Bertz CT molecular complexity index is 606. The van der Waals surface area contributed by atoms with Crippen molar-refractivity contribution in [2.45, 2.75) is 13.5 Å². The molecule has 1 N–H and O–H groups in total. The van der Waals surface area contributed by atoms with Gasteiger partial charge in [0.1, 0.15) is 17.3 Å². The summed E-state index contributed by atoms with van der Waals surface area (Å²) in [5.41, 5.74) is 0.997. The number of hydrogen-bond donors (Lipinski definition) is 1. The molecule has 2 nitrogen and oxygen atoms in total. The molecular formula is C15H14BrClFNO. The van der Waals surface area contributed by atoms with Gasteiger partial charge in [0.2, 0.25) is 0 Å². The van der Waals surface area contributed by atoms with Gasteiger partial charge in [-0.15, -0.1) is 0 Å². The Morgan fingerprint density at radius 2 is 2.05 bits per heavy atom. The second-order valence-corrected chi connectivity index (χ2v) is 5.53. The minimum atomic E-state index is -0.491. The summed E-state index contributed by atoms with van der Waals surface area (Å²) in [5.74, 6) is 0.623. The third-order valence-corrected chi connectivity index (χ3v) is 3.51. The van der Waals surface area contributed by atoms with E-state index in [2.05, 4.69) is 21.2 Å². The number of halogens is 3. The average Bonchev–Trinajstić information content (AvgIpc) is 2.43. The molecule has 2 aromatic carbocycles. The van der Waals surface area contributed by atoms with Crippen LogP contribution in [0.1, 0.15) is 12.5 Å². The lowest BCUT2D eigenvalue weighted by Crippen LogP contribution is -2.12. The maximum atomic E-state index is 13.4. The number of nitrogens with one attached hydrogen (secondary N) is 1. The molecule has 0 heterocycles. The summed E-state index contributed by atoms with van der Waals surface area (Å²) in [6.45, 7) is 3.58. The summed E-state index contributed by atoms with van der Waals surface area (Å²) in [5, 5.41) is 3.33. The summed E-state index contributed by atoms with van der Waals surface area (Å²) < 4.78 is 20.1. The molecular weight excluding hydrogens is 345 g/mol. The van der Waals surface area contributed by atoms with Gasteiger partial charge in [0.15, 0.2) is 0 Å². The molecule has 0 aliphatic rings. The van der Waals surface area contributed by atoms with Gasteiger partial charge >= 0.3 is 0 Å². The fourth-order valence-corrected chi connectivity index (χ4v) is 2.24. The van der Waals surface area contributed by atoms with Crippen molar-refractivity contribution in [2.75, 3.05) is 6.54 Å². The van der Waals surface area contributed by atoms with Gasteiger partial charge in [-0.05, 0) is 36.9 Å². The molecule has 0 fully saturated rings. The number of hydrogen-bond acceptors (Lipinski definition) is 2. The van der Waals surface area contributed by atoms with Gasteiger partial charge in [-0.3, -0.25) is 0 Å². The molecule has 0 bridgehead atoms. The Labute approximate surface area is 131 Å². The van der Waals surface area contributed by atoms with Gasteiger partial charge in [-0.25, -0.2) is 4.39 Å². The molecule has 106 valence electrons. The van der Waals surface area contributed by atoms with Crippen molar-refractivity contribution < 1.29 is 9.13 Å². The van der Waals surface area contributed by atoms with Gasteiger partial charge in [0.25, 0.3) is 0 Å². The predicted molar refractivity (Wildman–Crippen MR) is 83.0 cm³/mol. The smallest absolute Gasteiger partial charge is 0.145 e. The van der Waals surface area contributed by atoms with Gasteiger partial charge in [-0.2, -0.15) is 0 Å². The zero-order valence-electron chi connectivity index (χ0n) is 10.9. The molecule has 0 unspecified atom stereocenters. The highest BCUT2D eigenvalue weighted by Crippen LogP contribution is 2.29. The van der Waals surface area contributed by atoms with Crippen LogP contribution in [0.3, 0.4) is 0 Å². The van der Waals surface area contributed by atoms with Crippen LogP contribution in [-0.4, -0.2) is 6.54 Å². The van der Waals surface area contributed by atoms with Crippen LogP contribution < -0.4 is 10.1 Å². The Morgan fingerprint density at radius 3 is 2.75 bits per heavy atom. The summed E-state index contributed by atoms with van der Waals surface area (Å²) in [6.07, 6.45) is 0. The van der Waals surface area contributed by atoms with Crippen LogP contribution in [0.25, 0.3) is 0 Å². The normalized spacial score (nSPS) is 10.6. The number of benzene rings is 2. The number of ether oxygens (including phenoxy) is 1. The van der Waals surface area contributed by atoms with Crippen LogP contribution in [0.15, 0.2) is 40.9 Å². The SMILES string of the molecule is CCNCc1cc(Br)ccc1Oc1ccc(Cl)c(F)c1. The van der Waals surface area contributed by atoms with Crippen molar-refractivity contribution >= 4 is 27.5 Å². The summed E-state index contributed by atoms with van der Waals surface area (Å²) in [4.78, 5) is 0. The maximum Gasteiger partial charge on any atom is 0.145 e. The van der Waals surface area contributed by atoms with E-state index < -0.39 is 5.82 Å². The molecule has 0 radical (unpaired) electrons. The van der Waals surface area contributed by atoms with Crippen molar-refractivity contribution in [1.82, 2.24) is 5.32 Å². The lowest BCUT2D eigenvalue weighted by atomic mass is 10.2. The topological polar surface area (TPSA) is 21.3 Å². The zero-order valence-corrected chi connectivity index (χ0v) is 13.3. The molecule has 20 heavy (non-hydrogen) atoms. The lowest BCUT2D eigenvalue weighted by Gasteiger charge is -2.12. The quantitative estimate of drug-likeness (QED) is 0.798. The fourth-order valence-electron chi connectivity index (χ4n) is 1.71. The van der Waals surface area contributed by atoms with Crippen LogP contribution >= 0.6 is 27.5 Å². The lowest BCUT2D eigenvalue weighted by molar-refractivity contribution is 0.468. The maximum absolute atomic E-state index is 13.4. The Morgan fingerprint density at radius 1 is 1.25 bits per heavy atom. The molecule has 0 saturated carbocycles. The summed E-state index contributed by atoms with van der Waals surface area (Å²) in [7, 11) is 0. The van der Waals surface area contributed by atoms with E-state index in [0.717, 1.165) is 16.6 Å². The van der Waals surface area contributed by atoms with Crippen LogP contribution in [0.5, 0.6) is 11.5 Å². The summed E-state index contributed by atoms with van der Waals surface area (Å²) in [6, 6.07) is 10.1. The van der Waals surface area contributed by atoms with Crippen molar-refractivity contribution in [3.05, 3.63) is 57.3 Å². The van der Waals surface area contributed by atoms with Crippen molar-refractivity contribution in [2.24, 2.45) is 0 Å². The molecule has 0 spiro atoms. The van der Waals surface area contributed by atoms with E-state index in [1.54, 1.807) is 6.07 Å². The first-order valence-electron chi connectivity index (χ1n) is 6.22. The molecule has 5 heteroatoms. The Balaban J connectivity index is 2.25. The van der Waals surface area contributed by atoms with Gasteiger partial charge in [-0.1, -0.05) is 34.5 Å². The zero-order chi connectivity index (χ0) is 14.5. The Hall–Kier alpha value is -1.10. The monoisotopic (exact) mass is 357 g/mol. The van der Waals surface area contributed by atoms with E-state index >= 15 is 0 Å². The van der Waals surface area contributed by atoms with Crippen LogP contribution in [0.2, 0.25) is 5.02 Å². The molecule has 0 amide bonds. The molecule has 0 saturated heterocycles. The minimum Gasteiger partial charge on any atom is -0.457 e. The van der Waals surface area contributed by atoms with Crippen molar-refractivity contribution in [3.8, 4) is 11.5 Å². The third kappa shape index (κ3) is 3.95. The van der Waals surface area contributed by atoms with E-state index in [1.807, 2.05) is 25.1 Å². The van der Waals surface area contributed by atoms with Gasteiger partial charge in [0.05, 0.1) is 5.02 Å². The standard InChI is InChI=1S/C15H14BrClFNO/c1-2-19-9-10-7-11(16)3-6-15(10)20-12-4-5-13(17)14(18)8-12/h3-8,19H,2,9H2,1H3. The van der Waals surface area contributed by atoms with Crippen molar-refractivity contribution in [1.29, 1.82) is 0 Å². The Kier molecular flexibility index (Phi) is 5.40. The van der Waals surface area contributed by atoms with E-state index in [4.69, 9.17) is 16.3 Å². The highest BCUT2D eigenvalue weighted by Gasteiger charge is 2.08. The summed E-state index contributed by atoms with van der Waals surface area (Å²) >= 11 is 9.09. The van der Waals surface area contributed by atoms with E-state index in [9.17, 15) is 4.39 Å². The first kappa shape index (κ1) is 15.3. The first-order valence-corrected chi connectivity index (χ1v) is 7.39. The van der Waals surface area contributed by atoms with Gasteiger partial charge < -0.3 is 10.1 Å². The predicted octanol–water partition coefficient (Wildman–Crippen LogP) is 5.14. The van der Waals surface area contributed by atoms with E-state index in [1.165, 1.54) is 12.1 Å². The molecule has 0 aliphatic carbocycles. The van der Waals surface area contributed by atoms with E-state index in [0.29, 0.717) is 18.0 Å². The molecule has 2 aromatic rings. The molecule has 0 aromatic heterocycles. The molecule has 0 atom stereocenters. The van der Waals surface area contributed by atoms with Crippen molar-refractivity contribution in [3.63, 3.8) is 0 Å². The largest absolute Gasteiger partial charge is 0.457 e. The number of rotatable bonds is 5. The fraction of sp³-hybridized carbons (Fsp3) is 0.200. The minimum absolute atomic E-state index is 0.0843. The van der Waals surface area contributed by atoms with E-state index in [-0.39, 0.29) is 5.02 Å². The van der Waals surface area contributed by atoms with Crippen LogP contribution in [0.4, 0.5) is 4.39 Å². The first-order chi connectivity index (χ1) is 9.60. The highest BCUT2D eigenvalue weighted by atomic mass is 79.9. The second kappa shape index (κ2) is 7.07. The molecule has 0 aliphatic heterocycles. The van der Waals surface area contributed by atoms with Gasteiger partial charge in [0, 0.05) is 22.6 Å². The van der Waals surface area contributed by atoms with Crippen LogP contribution in [-0.2, 0) is 6.54 Å². The molecule has 2 rings (SSSR count). The second-order valence-electron chi connectivity index (χ2n) is 4.21. The average molecular weight is 359 g/mol. The third-order valence-electron chi connectivity index (χ3n) is 2.71. The van der Waals surface area contributed by atoms with Crippen LogP contribution in [0, 0.1) is 5.82 Å². The highest BCUT2D eigenvalue weighted by molar-refractivity contribution is 9.10.